The quantitative estimate of drug-likeness (QED) is 0.447. The van der Waals surface area contributed by atoms with Crippen LogP contribution >= 0.6 is 0 Å². The Hall–Kier alpha value is -2.18. The van der Waals surface area contributed by atoms with Crippen molar-refractivity contribution in [3.8, 4) is 0 Å². The first kappa shape index (κ1) is 19.6. The van der Waals surface area contributed by atoms with Crippen LogP contribution in [0.2, 0.25) is 0 Å². The highest BCUT2D eigenvalue weighted by Crippen LogP contribution is 2.36. The van der Waals surface area contributed by atoms with Crippen molar-refractivity contribution in [3.05, 3.63) is 12.2 Å². The van der Waals surface area contributed by atoms with E-state index in [1.165, 1.54) is 13.3 Å². The lowest BCUT2D eigenvalue weighted by atomic mass is 9.85. The Kier molecular flexibility index (Phi) is 5.97. The molecule has 1 N–H and O–H groups in total. The summed E-state index contributed by atoms with van der Waals surface area (Å²) in [5.74, 6) is -2.06. The Morgan fingerprint density at radius 1 is 1.15 bits per heavy atom. The average molecular weight is 376 g/mol. The Balaban J connectivity index is 1.51. The first-order valence-corrected chi connectivity index (χ1v) is 9.88. The van der Waals surface area contributed by atoms with Gasteiger partial charge in [-0.25, -0.2) is 4.79 Å². The maximum atomic E-state index is 12.5. The van der Waals surface area contributed by atoms with E-state index in [2.05, 4.69) is 12.2 Å². The van der Waals surface area contributed by atoms with E-state index in [0.717, 1.165) is 24.2 Å². The van der Waals surface area contributed by atoms with E-state index in [1.54, 1.807) is 0 Å². The van der Waals surface area contributed by atoms with Gasteiger partial charge < -0.3 is 10.1 Å². The number of hydrogen-bond donors (Lipinski definition) is 1. The van der Waals surface area contributed by atoms with Crippen molar-refractivity contribution in [2.75, 3.05) is 6.61 Å². The molecule has 3 rings (SSSR count). The molecule has 27 heavy (non-hydrogen) atoms. The number of carbonyl (C=O) groups excluding carboxylic acids is 4. The summed E-state index contributed by atoms with van der Waals surface area (Å²) in [4.78, 5) is 50.5. The number of allylic oxidation sites excluding steroid dienone is 2. The predicted octanol–water partition coefficient (Wildman–Crippen LogP) is 1.56. The fraction of sp³-hybridized carbons (Fsp3) is 0.700. The molecule has 1 aliphatic heterocycles. The van der Waals surface area contributed by atoms with Crippen molar-refractivity contribution in [1.82, 2.24) is 10.2 Å². The van der Waals surface area contributed by atoms with E-state index in [1.807, 2.05) is 12.2 Å². The normalized spacial score (nSPS) is 31.4. The monoisotopic (exact) mass is 376 g/mol. The number of ether oxygens (including phenoxy) is 1. The zero-order chi connectivity index (χ0) is 19.6. The van der Waals surface area contributed by atoms with E-state index in [9.17, 15) is 19.2 Å². The van der Waals surface area contributed by atoms with Crippen LogP contribution in [0.4, 0.5) is 0 Å². The van der Waals surface area contributed by atoms with Gasteiger partial charge in [-0.15, -0.1) is 0 Å². The molecule has 7 nitrogen and oxygen atoms in total. The van der Waals surface area contributed by atoms with Gasteiger partial charge in [0.15, 0.2) is 6.61 Å². The molecule has 0 bridgehead atoms. The molecule has 0 aromatic heterocycles. The molecule has 0 spiro atoms. The van der Waals surface area contributed by atoms with Gasteiger partial charge in [0, 0.05) is 6.04 Å². The van der Waals surface area contributed by atoms with Gasteiger partial charge in [-0.1, -0.05) is 31.9 Å². The topological polar surface area (TPSA) is 92.8 Å². The molecule has 0 aromatic rings. The summed E-state index contributed by atoms with van der Waals surface area (Å²) >= 11 is 0. The average Bonchev–Trinajstić information content (AvgIpc) is 2.92. The number of amides is 3. The van der Waals surface area contributed by atoms with Crippen LogP contribution in [0.3, 0.4) is 0 Å². The maximum absolute atomic E-state index is 12.5. The molecule has 7 heteroatoms. The predicted molar refractivity (Wildman–Crippen MR) is 97.2 cm³/mol. The molecule has 0 radical (unpaired) electrons. The summed E-state index contributed by atoms with van der Waals surface area (Å²) in [5, 5.41) is 2.92. The molecule has 148 valence electrons. The number of imide groups is 1. The molecular weight excluding hydrogens is 348 g/mol. The number of nitrogens with zero attached hydrogens (tertiary/aromatic N) is 1. The fourth-order valence-corrected chi connectivity index (χ4v) is 4.35. The molecule has 2 aliphatic carbocycles. The van der Waals surface area contributed by atoms with Gasteiger partial charge in [0.05, 0.1) is 11.8 Å². The van der Waals surface area contributed by atoms with Crippen LogP contribution in [-0.2, 0) is 23.9 Å². The number of likely N-dealkylation sites (tertiary alicyclic amines) is 1. The highest BCUT2D eigenvalue weighted by Gasteiger charge is 2.50. The summed E-state index contributed by atoms with van der Waals surface area (Å²) in [6.45, 7) is 3.19. The molecule has 5 atom stereocenters. The first-order valence-electron chi connectivity index (χ1n) is 9.88. The van der Waals surface area contributed by atoms with Crippen molar-refractivity contribution in [2.45, 2.75) is 64.5 Å². The summed E-state index contributed by atoms with van der Waals surface area (Å²) in [5.41, 5.74) is 0. The second-order valence-corrected chi connectivity index (χ2v) is 7.92. The van der Waals surface area contributed by atoms with Crippen molar-refractivity contribution < 1.29 is 23.9 Å². The second-order valence-electron chi connectivity index (χ2n) is 7.92. The number of carbonyl (C=O) groups is 4. The van der Waals surface area contributed by atoms with Gasteiger partial charge in [-0.05, 0) is 38.5 Å². The van der Waals surface area contributed by atoms with E-state index >= 15 is 0 Å². The standard InChI is InChI=1S/C20H28N2O5/c1-12-7-3-6-10-16(12)21-17(23)11-27-20(26)13(2)22-18(24)14-8-4-5-9-15(14)19(22)25/h4-5,12-16H,3,6-11H2,1-2H3,(H,21,23)/t12-,13-,14-,15+,16+/m0/s1. The van der Waals surface area contributed by atoms with Crippen molar-refractivity contribution in [1.29, 1.82) is 0 Å². The Labute approximate surface area is 159 Å². The van der Waals surface area contributed by atoms with Crippen LogP contribution in [-0.4, -0.2) is 47.3 Å². The molecule has 1 saturated heterocycles. The van der Waals surface area contributed by atoms with Crippen LogP contribution in [0.5, 0.6) is 0 Å². The molecule has 3 amide bonds. The van der Waals surface area contributed by atoms with Gasteiger partial charge >= 0.3 is 5.97 Å². The van der Waals surface area contributed by atoms with Crippen LogP contribution in [0, 0.1) is 17.8 Å². The smallest absolute Gasteiger partial charge is 0.329 e. The van der Waals surface area contributed by atoms with E-state index in [0.29, 0.717) is 18.8 Å². The molecule has 2 fully saturated rings. The van der Waals surface area contributed by atoms with Crippen LogP contribution < -0.4 is 5.32 Å². The number of esters is 1. The van der Waals surface area contributed by atoms with Crippen molar-refractivity contribution >= 4 is 23.7 Å². The minimum atomic E-state index is -1.02. The summed E-state index contributed by atoms with van der Waals surface area (Å²) in [7, 11) is 0. The van der Waals surface area contributed by atoms with Crippen LogP contribution in [0.1, 0.15) is 52.4 Å². The third-order valence-electron chi connectivity index (χ3n) is 6.07. The lowest BCUT2D eigenvalue weighted by Gasteiger charge is -2.29. The zero-order valence-corrected chi connectivity index (χ0v) is 16.0. The zero-order valence-electron chi connectivity index (χ0n) is 16.0. The van der Waals surface area contributed by atoms with Gasteiger partial charge in [-0.2, -0.15) is 0 Å². The molecule has 0 unspecified atom stereocenters. The van der Waals surface area contributed by atoms with Gasteiger partial charge in [0.1, 0.15) is 6.04 Å². The largest absolute Gasteiger partial charge is 0.454 e. The third-order valence-corrected chi connectivity index (χ3v) is 6.07. The first-order chi connectivity index (χ1) is 12.9. The minimum absolute atomic E-state index is 0.111. The summed E-state index contributed by atoms with van der Waals surface area (Å²) in [6.07, 6.45) is 9.12. The number of nitrogens with one attached hydrogen (secondary N) is 1. The van der Waals surface area contributed by atoms with E-state index in [4.69, 9.17) is 4.74 Å². The van der Waals surface area contributed by atoms with Crippen molar-refractivity contribution in [3.63, 3.8) is 0 Å². The summed E-state index contributed by atoms with van der Waals surface area (Å²) < 4.78 is 5.09. The van der Waals surface area contributed by atoms with Crippen LogP contribution in [0.15, 0.2) is 12.2 Å². The summed E-state index contributed by atoms with van der Waals surface area (Å²) in [6, 6.07) is -0.906. The highest BCUT2D eigenvalue weighted by molar-refractivity contribution is 6.08. The number of hydrogen-bond acceptors (Lipinski definition) is 5. The third kappa shape index (κ3) is 4.06. The fourth-order valence-electron chi connectivity index (χ4n) is 4.35. The number of rotatable bonds is 5. The highest BCUT2D eigenvalue weighted by atomic mass is 16.5. The van der Waals surface area contributed by atoms with E-state index in [-0.39, 0.29) is 35.6 Å². The molecule has 1 saturated carbocycles. The van der Waals surface area contributed by atoms with Gasteiger partial charge in [0.25, 0.3) is 5.91 Å². The lowest BCUT2D eigenvalue weighted by molar-refractivity contribution is -0.159. The van der Waals surface area contributed by atoms with E-state index < -0.39 is 18.6 Å². The number of fused-ring (bicyclic) bond motifs is 1. The Morgan fingerprint density at radius 3 is 2.33 bits per heavy atom. The maximum Gasteiger partial charge on any atom is 0.329 e. The SMILES string of the molecule is C[C@H]1CCCC[C@H]1NC(=O)COC(=O)[C@H](C)N1C(=O)[C@H]2CC=CC[C@H]2C1=O. The minimum Gasteiger partial charge on any atom is -0.454 e. The molecule has 0 aromatic carbocycles. The Morgan fingerprint density at radius 2 is 1.74 bits per heavy atom. The second kappa shape index (κ2) is 8.23. The van der Waals surface area contributed by atoms with Gasteiger partial charge in [0.2, 0.25) is 11.8 Å². The Bertz CT molecular complexity index is 633. The molecular formula is C20H28N2O5. The lowest BCUT2D eigenvalue weighted by Crippen LogP contribution is -2.46. The molecule has 1 heterocycles. The van der Waals surface area contributed by atoms with Crippen LogP contribution in [0.25, 0.3) is 0 Å². The van der Waals surface area contributed by atoms with Crippen molar-refractivity contribution in [2.24, 2.45) is 17.8 Å². The molecule has 3 aliphatic rings. The van der Waals surface area contributed by atoms with Gasteiger partial charge in [-0.3, -0.25) is 19.3 Å².